The molecule has 1 aromatic carbocycles. The number of ether oxygens (including phenoxy) is 2. The molecule has 1 aromatic rings. The first kappa shape index (κ1) is 14.7. The van der Waals surface area contributed by atoms with Gasteiger partial charge >= 0.3 is 5.97 Å². The number of carboxylic acid groups (broad SMARTS) is 1. The fourth-order valence-electron chi connectivity index (χ4n) is 3.01. The second-order valence-electron chi connectivity index (χ2n) is 5.51. The topological polar surface area (TPSA) is 55.8 Å². The Hall–Kier alpha value is -1.71. The Morgan fingerprint density at radius 1 is 1.35 bits per heavy atom. The fourth-order valence-corrected chi connectivity index (χ4v) is 3.01. The Morgan fingerprint density at radius 3 is 2.45 bits per heavy atom. The molecule has 0 spiro atoms. The van der Waals surface area contributed by atoms with E-state index < -0.39 is 5.97 Å². The SMILES string of the molecule is COc1cc(C)c(OC)c(C(CC(=O)O)C2CC2)c1C. The van der Waals surface area contributed by atoms with Gasteiger partial charge in [0.15, 0.2) is 0 Å². The molecule has 0 aromatic heterocycles. The number of aryl methyl sites for hydroxylation is 1. The molecule has 2 rings (SSSR count). The minimum atomic E-state index is -0.760. The largest absolute Gasteiger partial charge is 0.496 e. The highest BCUT2D eigenvalue weighted by molar-refractivity contribution is 5.69. The van der Waals surface area contributed by atoms with Gasteiger partial charge in [0.05, 0.1) is 20.6 Å². The molecule has 1 fully saturated rings. The Labute approximate surface area is 119 Å². The van der Waals surface area contributed by atoms with Crippen LogP contribution in [0.15, 0.2) is 6.07 Å². The Balaban J connectivity index is 2.56. The van der Waals surface area contributed by atoms with E-state index in [1.165, 1.54) is 0 Å². The van der Waals surface area contributed by atoms with Gasteiger partial charge in [0.25, 0.3) is 0 Å². The lowest BCUT2D eigenvalue weighted by Crippen LogP contribution is -2.12. The molecule has 1 unspecified atom stereocenters. The zero-order valence-electron chi connectivity index (χ0n) is 12.5. The van der Waals surface area contributed by atoms with Gasteiger partial charge < -0.3 is 14.6 Å². The van der Waals surface area contributed by atoms with Crippen LogP contribution in [0, 0.1) is 19.8 Å². The zero-order valence-corrected chi connectivity index (χ0v) is 12.5. The van der Waals surface area contributed by atoms with Crippen LogP contribution in [0.1, 0.15) is 41.9 Å². The molecule has 4 heteroatoms. The van der Waals surface area contributed by atoms with Gasteiger partial charge in [-0.15, -0.1) is 0 Å². The van der Waals surface area contributed by atoms with Gasteiger partial charge in [-0.25, -0.2) is 0 Å². The molecule has 20 heavy (non-hydrogen) atoms. The maximum atomic E-state index is 11.2. The summed E-state index contributed by atoms with van der Waals surface area (Å²) in [7, 11) is 3.28. The van der Waals surface area contributed by atoms with Crippen LogP contribution in [0.5, 0.6) is 11.5 Å². The van der Waals surface area contributed by atoms with Gasteiger partial charge in [-0.2, -0.15) is 0 Å². The van der Waals surface area contributed by atoms with Gasteiger partial charge in [0, 0.05) is 11.5 Å². The summed E-state index contributed by atoms with van der Waals surface area (Å²) >= 11 is 0. The standard InChI is InChI=1S/C16H22O4/c1-9-7-13(19-3)10(2)15(16(9)20-4)12(8-14(17)18)11-5-6-11/h7,11-12H,5-6,8H2,1-4H3,(H,17,18). The number of rotatable bonds is 6. The number of hydrogen-bond acceptors (Lipinski definition) is 3. The van der Waals surface area contributed by atoms with E-state index in [1.54, 1.807) is 14.2 Å². The minimum Gasteiger partial charge on any atom is -0.496 e. The van der Waals surface area contributed by atoms with Gasteiger partial charge in [-0.1, -0.05) is 0 Å². The molecule has 0 radical (unpaired) electrons. The van der Waals surface area contributed by atoms with Crippen molar-refractivity contribution in [1.82, 2.24) is 0 Å². The smallest absolute Gasteiger partial charge is 0.303 e. The lowest BCUT2D eigenvalue weighted by molar-refractivity contribution is -0.137. The second kappa shape index (κ2) is 5.73. The third-order valence-corrected chi connectivity index (χ3v) is 4.10. The minimum absolute atomic E-state index is 0.0104. The summed E-state index contributed by atoms with van der Waals surface area (Å²) in [6.45, 7) is 3.95. The molecule has 1 aliphatic rings. The van der Waals surface area contributed by atoms with Gasteiger partial charge in [0.2, 0.25) is 0 Å². The van der Waals surface area contributed by atoms with Crippen LogP contribution in [0.3, 0.4) is 0 Å². The molecule has 0 aliphatic heterocycles. The highest BCUT2D eigenvalue weighted by Gasteiger charge is 2.37. The fraction of sp³-hybridized carbons (Fsp3) is 0.562. The van der Waals surface area contributed by atoms with E-state index in [0.717, 1.165) is 41.0 Å². The first-order valence-electron chi connectivity index (χ1n) is 6.93. The third-order valence-electron chi connectivity index (χ3n) is 4.10. The van der Waals surface area contributed by atoms with Gasteiger partial charge in [-0.05, 0) is 49.8 Å². The van der Waals surface area contributed by atoms with Crippen LogP contribution in [-0.2, 0) is 4.79 Å². The molecule has 0 amide bonds. The van der Waals surface area contributed by atoms with Crippen LogP contribution < -0.4 is 9.47 Å². The van der Waals surface area contributed by atoms with Gasteiger partial charge in [-0.3, -0.25) is 4.79 Å². The summed E-state index contributed by atoms with van der Waals surface area (Å²) < 4.78 is 11.0. The molecule has 0 saturated heterocycles. The molecule has 4 nitrogen and oxygen atoms in total. The van der Waals surface area contributed by atoms with Crippen molar-refractivity contribution in [3.05, 3.63) is 22.8 Å². The average Bonchev–Trinajstić information content (AvgIpc) is 3.22. The van der Waals surface area contributed by atoms with E-state index >= 15 is 0 Å². The lowest BCUT2D eigenvalue weighted by Gasteiger charge is -2.23. The predicted molar refractivity (Wildman–Crippen MR) is 76.7 cm³/mol. The summed E-state index contributed by atoms with van der Waals surface area (Å²) in [6, 6.07) is 1.95. The highest BCUT2D eigenvalue weighted by atomic mass is 16.5. The zero-order chi connectivity index (χ0) is 14.9. The van der Waals surface area contributed by atoms with Crippen LogP contribution >= 0.6 is 0 Å². The van der Waals surface area contributed by atoms with Crippen LogP contribution in [0.4, 0.5) is 0 Å². The van der Waals surface area contributed by atoms with E-state index in [-0.39, 0.29) is 12.3 Å². The number of carboxylic acids is 1. The van der Waals surface area contributed by atoms with Crippen LogP contribution in [-0.4, -0.2) is 25.3 Å². The normalized spacial score (nSPS) is 15.8. The summed E-state index contributed by atoms with van der Waals surface area (Å²) in [6.07, 6.45) is 2.34. The summed E-state index contributed by atoms with van der Waals surface area (Å²) in [5.74, 6) is 1.31. The summed E-state index contributed by atoms with van der Waals surface area (Å²) in [4.78, 5) is 11.2. The van der Waals surface area contributed by atoms with Crippen molar-refractivity contribution < 1.29 is 19.4 Å². The molecule has 1 atom stereocenters. The van der Waals surface area contributed by atoms with Crippen molar-refractivity contribution in [3.8, 4) is 11.5 Å². The maximum absolute atomic E-state index is 11.2. The monoisotopic (exact) mass is 278 g/mol. The first-order valence-corrected chi connectivity index (χ1v) is 6.93. The van der Waals surface area contributed by atoms with E-state index in [4.69, 9.17) is 9.47 Å². The van der Waals surface area contributed by atoms with Crippen molar-refractivity contribution in [2.75, 3.05) is 14.2 Å². The van der Waals surface area contributed by atoms with Gasteiger partial charge in [0.1, 0.15) is 11.5 Å². The lowest BCUT2D eigenvalue weighted by atomic mass is 9.85. The number of carbonyl (C=O) groups is 1. The number of hydrogen-bond donors (Lipinski definition) is 1. The number of benzene rings is 1. The summed E-state index contributed by atoms with van der Waals surface area (Å²) in [5, 5.41) is 9.20. The number of aliphatic carboxylic acids is 1. The Bertz CT molecular complexity index is 518. The van der Waals surface area contributed by atoms with Crippen molar-refractivity contribution in [1.29, 1.82) is 0 Å². The third kappa shape index (κ3) is 2.74. The first-order chi connectivity index (χ1) is 9.49. The Kier molecular flexibility index (Phi) is 4.21. The maximum Gasteiger partial charge on any atom is 0.303 e. The quantitative estimate of drug-likeness (QED) is 0.867. The predicted octanol–water partition coefficient (Wildman–Crippen LogP) is 3.29. The molecular weight excluding hydrogens is 256 g/mol. The molecule has 0 heterocycles. The van der Waals surface area contributed by atoms with Crippen molar-refractivity contribution >= 4 is 5.97 Å². The van der Waals surface area contributed by atoms with Crippen molar-refractivity contribution in [2.24, 2.45) is 5.92 Å². The van der Waals surface area contributed by atoms with E-state index in [1.807, 2.05) is 19.9 Å². The molecule has 0 bridgehead atoms. The number of methoxy groups -OCH3 is 2. The molecule has 110 valence electrons. The molecular formula is C16H22O4. The molecule has 1 aliphatic carbocycles. The van der Waals surface area contributed by atoms with Crippen LogP contribution in [0.2, 0.25) is 0 Å². The highest BCUT2D eigenvalue weighted by Crippen LogP contribution is 2.50. The van der Waals surface area contributed by atoms with Crippen molar-refractivity contribution in [2.45, 2.75) is 39.0 Å². The molecule has 1 N–H and O–H groups in total. The average molecular weight is 278 g/mol. The van der Waals surface area contributed by atoms with Crippen LogP contribution in [0.25, 0.3) is 0 Å². The van der Waals surface area contributed by atoms with E-state index in [2.05, 4.69) is 0 Å². The second-order valence-corrected chi connectivity index (χ2v) is 5.51. The van der Waals surface area contributed by atoms with E-state index in [9.17, 15) is 9.90 Å². The van der Waals surface area contributed by atoms with E-state index in [0.29, 0.717) is 5.92 Å². The Morgan fingerprint density at radius 2 is 2.00 bits per heavy atom. The van der Waals surface area contributed by atoms with Crippen molar-refractivity contribution in [3.63, 3.8) is 0 Å². The molecule has 1 saturated carbocycles. The summed E-state index contributed by atoms with van der Waals surface area (Å²) in [5.41, 5.74) is 2.99.